The van der Waals surface area contributed by atoms with Gasteiger partial charge in [-0.2, -0.15) is 0 Å². The molecule has 1 aliphatic rings. The quantitative estimate of drug-likeness (QED) is 0.843. The van der Waals surface area contributed by atoms with Crippen molar-refractivity contribution in [2.75, 3.05) is 6.61 Å². The number of rotatable bonds is 6. The first-order valence-corrected chi connectivity index (χ1v) is 8.28. The van der Waals surface area contributed by atoms with Gasteiger partial charge in [0.25, 0.3) is 0 Å². The summed E-state index contributed by atoms with van der Waals surface area (Å²) < 4.78 is 0. The van der Waals surface area contributed by atoms with Crippen molar-refractivity contribution < 1.29 is 5.11 Å². The lowest BCUT2D eigenvalue weighted by Gasteiger charge is -2.30. The van der Waals surface area contributed by atoms with Crippen LogP contribution in [-0.4, -0.2) is 22.7 Å². The fourth-order valence-corrected chi connectivity index (χ4v) is 3.89. The van der Waals surface area contributed by atoms with Gasteiger partial charge in [-0.1, -0.05) is 26.7 Å². The van der Waals surface area contributed by atoms with E-state index in [-0.39, 0.29) is 0 Å². The number of aliphatic hydroxyl groups is 1. The van der Waals surface area contributed by atoms with E-state index in [1.54, 1.807) is 0 Å². The van der Waals surface area contributed by atoms with Gasteiger partial charge in [-0.15, -0.1) is 11.3 Å². The second kappa shape index (κ2) is 7.36. The Morgan fingerprint density at radius 3 is 2.95 bits per heavy atom. The molecule has 1 fully saturated rings. The van der Waals surface area contributed by atoms with Gasteiger partial charge in [0.15, 0.2) is 0 Å². The maximum atomic E-state index is 9.41. The predicted molar refractivity (Wildman–Crippen MR) is 80.3 cm³/mol. The topological polar surface area (TPSA) is 45.2 Å². The SMILES string of the molecule is CC(C)Cc1ncc(CNC2CCCCC2CO)s1. The second-order valence-electron chi connectivity index (χ2n) is 6.03. The Bertz CT molecular complexity index is 378. The lowest BCUT2D eigenvalue weighted by Crippen LogP contribution is -2.39. The average molecular weight is 282 g/mol. The molecule has 1 heterocycles. The average Bonchev–Trinajstić information content (AvgIpc) is 2.83. The summed E-state index contributed by atoms with van der Waals surface area (Å²) in [7, 11) is 0. The van der Waals surface area contributed by atoms with Crippen LogP contribution in [0.4, 0.5) is 0 Å². The molecule has 0 aliphatic heterocycles. The molecule has 19 heavy (non-hydrogen) atoms. The molecule has 2 unspecified atom stereocenters. The largest absolute Gasteiger partial charge is 0.396 e. The first-order chi connectivity index (χ1) is 9.19. The van der Waals surface area contributed by atoms with Crippen molar-refractivity contribution in [1.29, 1.82) is 0 Å². The fraction of sp³-hybridized carbons (Fsp3) is 0.800. The van der Waals surface area contributed by atoms with Crippen molar-refractivity contribution in [3.05, 3.63) is 16.1 Å². The molecule has 1 aliphatic carbocycles. The predicted octanol–water partition coefficient (Wildman–Crippen LogP) is 2.98. The highest BCUT2D eigenvalue weighted by Crippen LogP contribution is 2.25. The van der Waals surface area contributed by atoms with Crippen molar-refractivity contribution >= 4 is 11.3 Å². The van der Waals surface area contributed by atoms with Crippen LogP contribution < -0.4 is 5.32 Å². The molecule has 108 valence electrons. The van der Waals surface area contributed by atoms with Gasteiger partial charge in [-0.05, 0) is 24.7 Å². The van der Waals surface area contributed by atoms with E-state index >= 15 is 0 Å². The minimum absolute atomic E-state index is 0.318. The van der Waals surface area contributed by atoms with Gasteiger partial charge in [-0.25, -0.2) is 4.98 Å². The third-order valence-corrected chi connectivity index (χ3v) is 4.89. The number of nitrogens with one attached hydrogen (secondary N) is 1. The minimum Gasteiger partial charge on any atom is -0.396 e. The number of nitrogens with zero attached hydrogens (tertiary/aromatic N) is 1. The highest BCUT2D eigenvalue weighted by atomic mass is 32.1. The molecular formula is C15H26N2OS. The molecule has 0 bridgehead atoms. The van der Waals surface area contributed by atoms with Gasteiger partial charge >= 0.3 is 0 Å². The molecule has 3 nitrogen and oxygen atoms in total. The van der Waals surface area contributed by atoms with Crippen LogP contribution in [0.1, 0.15) is 49.4 Å². The van der Waals surface area contributed by atoms with E-state index in [1.807, 2.05) is 17.5 Å². The smallest absolute Gasteiger partial charge is 0.0930 e. The molecule has 2 atom stereocenters. The van der Waals surface area contributed by atoms with Gasteiger partial charge in [0.1, 0.15) is 0 Å². The van der Waals surface area contributed by atoms with Crippen LogP contribution in [0.5, 0.6) is 0 Å². The van der Waals surface area contributed by atoms with E-state index in [4.69, 9.17) is 0 Å². The highest BCUT2D eigenvalue weighted by molar-refractivity contribution is 7.11. The van der Waals surface area contributed by atoms with Crippen molar-refractivity contribution in [1.82, 2.24) is 10.3 Å². The Morgan fingerprint density at radius 2 is 2.21 bits per heavy atom. The summed E-state index contributed by atoms with van der Waals surface area (Å²) in [4.78, 5) is 5.81. The number of thiazole rings is 1. The summed E-state index contributed by atoms with van der Waals surface area (Å²) in [6.07, 6.45) is 8.00. The zero-order valence-corrected chi connectivity index (χ0v) is 12.9. The highest BCUT2D eigenvalue weighted by Gasteiger charge is 2.23. The van der Waals surface area contributed by atoms with Crippen LogP contribution in [0, 0.1) is 11.8 Å². The molecule has 1 aromatic rings. The minimum atomic E-state index is 0.318. The second-order valence-corrected chi connectivity index (χ2v) is 7.23. The van der Waals surface area contributed by atoms with Crippen molar-refractivity contribution in [2.45, 2.75) is 58.5 Å². The zero-order chi connectivity index (χ0) is 13.7. The zero-order valence-electron chi connectivity index (χ0n) is 12.1. The number of aliphatic hydroxyl groups excluding tert-OH is 1. The van der Waals surface area contributed by atoms with Crippen molar-refractivity contribution in [2.24, 2.45) is 11.8 Å². The Balaban J connectivity index is 1.82. The molecule has 0 spiro atoms. The summed E-state index contributed by atoms with van der Waals surface area (Å²) in [5.41, 5.74) is 0. The van der Waals surface area contributed by atoms with Crippen molar-refractivity contribution in [3.63, 3.8) is 0 Å². The summed E-state index contributed by atoms with van der Waals surface area (Å²) in [5, 5.41) is 14.3. The monoisotopic (exact) mass is 282 g/mol. The lowest BCUT2D eigenvalue weighted by molar-refractivity contribution is 0.152. The molecule has 1 saturated carbocycles. The van der Waals surface area contributed by atoms with Gasteiger partial charge in [0.05, 0.1) is 5.01 Å². The molecule has 0 saturated heterocycles. The van der Waals surface area contributed by atoms with E-state index in [0.717, 1.165) is 19.4 Å². The van der Waals surface area contributed by atoms with Gasteiger partial charge < -0.3 is 10.4 Å². The van der Waals surface area contributed by atoms with Crippen LogP contribution in [0.3, 0.4) is 0 Å². The Hall–Kier alpha value is -0.450. The standard InChI is InChI=1S/C15H26N2OS/c1-11(2)7-15-17-9-13(19-15)8-16-14-6-4-3-5-12(14)10-18/h9,11-12,14,16,18H,3-8,10H2,1-2H3. The van der Waals surface area contributed by atoms with Gasteiger partial charge in [0, 0.05) is 36.7 Å². The molecule has 2 rings (SSSR count). The molecule has 0 aromatic carbocycles. The molecule has 0 amide bonds. The van der Waals surface area contributed by atoms with Crippen molar-refractivity contribution in [3.8, 4) is 0 Å². The number of hydrogen-bond acceptors (Lipinski definition) is 4. The number of hydrogen-bond donors (Lipinski definition) is 2. The van der Waals surface area contributed by atoms with Gasteiger partial charge in [0.2, 0.25) is 0 Å². The third kappa shape index (κ3) is 4.55. The Morgan fingerprint density at radius 1 is 1.42 bits per heavy atom. The van der Waals surface area contributed by atoms with Crippen LogP contribution >= 0.6 is 11.3 Å². The Kier molecular flexibility index (Phi) is 5.79. The lowest BCUT2D eigenvalue weighted by atomic mass is 9.85. The van der Waals surface area contributed by atoms with E-state index in [1.165, 1.54) is 29.1 Å². The van der Waals surface area contributed by atoms with E-state index in [0.29, 0.717) is 24.5 Å². The van der Waals surface area contributed by atoms with E-state index < -0.39 is 0 Å². The van der Waals surface area contributed by atoms with E-state index in [9.17, 15) is 5.11 Å². The van der Waals surface area contributed by atoms with Gasteiger partial charge in [-0.3, -0.25) is 0 Å². The molecule has 0 radical (unpaired) electrons. The molecule has 1 aromatic heterocycles. The first-order valence-electron chi connectivity index (χ1n) is 7.47. The first kappa shape index (κ1) is 14.9. The summed E-state index contributed by atoms with van der Waals surface area (Å²) in [5.74, 6) is 1.11. The fourth-order valence-electron chi connectivity index (χ4n) is 2.80. The van der Waals surface area contributed by atoms with Crippen LogP contribution in [0.2, 0.25) is 0 Å². The summed E-state index contributed by atoms with van der Waals surface area (Å²) in [6.45, 7) is 5.68. The van der Waals surface area contributed by atoms with Crippen LogP contribution in [0.25, 0.3) is 0 Å². The summed E-state index contributed by atoms with van der Waals surface area (Å²) >= 11 is 1.82. The maximum absolute atomic E-state index is 9.41. The third-order valence-electron chi connectivity index (χ3n) is 3.87. The number of aromatic nitrogens is 1. The van der Waals surface area contributed by atoms with Crippen LogP contribution in [0.15, 0.2) is 6.20 Å². The normalized spacial score (nSPS) is 24.0. The summed E-state index contributed by atoms with van der Waals surface area (Å²) in [6, 6.07) is 0.481. The molecular weight excluding hydrogens is 256 g/mol. The van der Waals surface area contributed by atoms with E-state index in [2.05, 4.69) is 24.1 Å². The molecule has 2 N–H and O–H groups in total. The molecule has 4 heteroatoms. The maximum Gasteiger partial charge on any atom is 0.0930 e. The Labute approximate surface area is 120 Å². The van der Waals surface area contributed by atoms with Crippen LogP contribution in [-0.2, 0) is 13.0 Å².